The molecule has 0 fully saturated rings. The molecule has 3 amide bonds. The van der Waals surface area contributed by atoms with Gasteiger partial charge >= 0.3 is 0 Å². The lowest BCUT2D eigenvalue weighted by Gasteiger charge is -2.22. The van der Waals surface area contributed by atoms with Gasteiger partial charge in [0, 0.05) is 6.54 Å². The lowest BCUT2D eigenvalue weighted by atomic mass is 10.1. The molecule has 128 valence electrons. The number of imide groups is 1. The summed E-state index contributed by atoms with van der Waals surface area (Å²) in [5.41, 5.74) is 1.28. The highest BCUT2D eigenvalue weighted by atomic mass is 16.3. The summed E-state index contributed by atoms with van der Waals surface area (Å²) in [4.78, 5) is 38.1. The number of benzene rings is 2. The van der Waals surface area contributed by atoms with Crippen LogP contribution in [0.15, 0.2) is 54.6 Å². The topological polar surface area (TPSA) is 86.7 Å². The third-order valence-corrected chi connectivity index (χ3v) is 4.25. The van der Waals surface area contributed by atoms with Gasteiger partial charge in [0.15, 0.2) is 0 Å². The number of nitrogens with one attached hydrogen (secondary N) is 1. The van der Waals surface area contributed by atoms with Crippen molar-refractivity contribution >= 4 is 17.7 Å². The van der Waals surface area contributed by atoms with Gasteiger partial charge in [-0.1, -0.05) is 42.5 Å². The Morgan fingerprint density at radius 1 is 1.00 bits per heavy atom. The first-order chi connectivity index (χ1) is 12.0. The third-order valence-electron chi connectivity index (χ3n) is 4.25. The molecule has 1 aliphatic heterocycles. The minimum atomic E-state index is -0.963. The van der Waals surface area contributed by atoms with Crippen LogP contribution < -0.4 is 5.32 Å². The van der Waals surface area contributed by atoms with Crippen LogP contribution in [0.5, 0.6) is 0 Å². The Hall–Kier alpha value is -2.99. The Kier molecular flexibility index (Phi) is 4.63. The van der Waals surface area contributed by atoms with E-state index >= 15 is 0 Å². The number of carbonyl (C=O) groups is 3. The van der Waals surface area contributed by atoms with E-state index in [1.807, 2.05) is 6.07 Å². The minimum Gasteiger partial charge on any atom is -0.387 e. The summed E-state index contributed by atoms with van der Waals surface area (Å²) in [5.74, 6) is -1.46. The lowest BCUT2D eigenvalue weighted by Crippen LogP contribution is -2.48. The lowest BCUT2D eigenvalue weighted by molar-refractivity contribution is -0.125. The number of nitrogens with zero attached hydrogens (tertiary/aromatic N) is 1. The van der Waals surface area contributed by atoms with Crippen molar-refractivity contribution in [1.82, 2.24) is 10.2 Å². The minimum absolute atomic E-state index is 0.00362. The number of hydrogen-bond acceptors (Lipinski definition) is 4. The standard InChI is InChI=1S/C19H18N2O4/c1-12(17(23)20-11-16(22)13-7-3-2-4-8-13)21-18(24)14-9-5-6-10-15(14)19(21)25/h2-10,12,16,22H,11H2,1H3,(H,20,23). The Labute approximate surface area is 145 Å². The molecule has 2 atom stereocenters. The first-order valence-corrected chi connectivity index (χ1v) is 7.98. The zero-order chi connectivity index (χ0) is 18.0. The van der Waals surface area contributed by atoms with Crippen molar-refractivity contribution in [1.29, 1.82) is 0 Å². The molecule has 3 rings (SSSR count). The van der Waals surface area contributed by atoms with Crippen molar-refractivity contribution < 1.29 is 19.5 Å². The molecule has 2 N–H and O–H groups in total. The van der Waals surface area contributed by atoms with Gasteiger partial charge in [0.1, 0.15) is 6.04 Å². The maximum absolute atomic E-state index is 12.4. The Morgan fingerprint density at radius 2 is 1.52 bits per heavy atom. The second-order valence-electron chi connectivity index (χ2n) is 5.87. The molecule has 6 nitrogen and oxygen atoms in total. The largest absolute Gasteiger partial charge is 0.387 e. The van der Waals surface area contributed by atoms with Crippen molar-refractivity contribution in [2.24, 2.45) is 0 Å². The Morgan fingerprint density at radius 3 is 2.08 bits per heavy atom. The van der Waals surface area contributed by atoms with Gasteiger partial charge in [0.2, 0.25) is 5.91 Å². The number of hydrogen-bond donors (Lipinski definition) is 2. The fourth-order valence-electron chi connectivity index (χ4n) is 2.81. The van der Waals surface area contributed by atoms with E-state index in [1.54, 1.807) is 48.5 Å². The Balaban J connectivity index is 1.65. The van der Waals surface area contributed by atoms with Crippen molar-refractivity contribution in [3.05, 3.63) is 71.3 Å². The van der Waals surface area contributed by atoms with Crippen LogP contribution in [0.2, 0.25) is 0 Å². The number of amides is 3. The van der Waals surface area contributed by atoms with Gasteiger partial charge in [-0.15, -0.1) is 0 Å². The van der Waals surface area contributed by atoms with Crippen LogP contribution in [0.4, 0.5) is 0 Å². The molecule has 0 saturated heterocycles. The number of rotatable bonds is 5. The predicted octanol–water partition coefficient (Wildman–Crippen LogP) is 1.52. The van der Waals surface area contributed by atoms with Gasteiger partial charge in [-0.2, -0.15) is 0 Å². The predicted molar refractivity (Wildman–Crippen MR) is 90.8 cm³/mol. The van der Waals surface area contributed by atoms with E-state index in [0.717, 1.165) is 4.90 Å². The number of aliphatic hydroxyl groups excluding tert-OH is 1. The summed E-state index contributed by atoms with van der Waals surface area (Å²) in [6, 6.07) is 14.5. The Bertz CT molecular complexity index is 784. The summed E-state index contributed by atoms with van der Waals surface area (Å²) in [5, 5.41) is 12.7. The van der Waals surface area contributed by atoms with Crippen LogP contribution in [0.1, 0.15) is 39.3 Å². The van der Waals surface area contributed by atoms with Crippen LogP contribution >= 0.6 is 0 Å². The van der Waals surface area contributed by atoms with E-state index in [9.17, 15) is 19.5 Å². The van der Waals surface area contributed by atoms with E-state index < -0.39 is 29.9 Å². The highest BCUT2D eigenvalue weighted by Crippen LogP contribution is 2.24. The van der Waals surface area contributed by atoms with Crippen molar-refractivity contribution in [2.45, 2.75) is 19.1 Å². The van der Waals surface area contributed by atoms with E-state index in [2.05, 4.69) is 5.32 Å². The molecule has 1 heterocycles. The average molecular weight is 338 g/mol. The molecule has 0 spiro atoms. The summed E-state index contributed by atoms with van der Waals surface area (Å²) < 4.78 is 0. The summed E-state index contributed by atoms with van der Waals surface area (Å²) in [6.07, 6.45) is -0.862. The summed E-state index contributed by atoms with van der Waals surface area (Å²) in [7, 11) is 0. The molecule has 0 aliphatic carbocycles. The van der Waals surface area contributed by atoms with Crippen molar-refractivity contribution in [3.8, 4) is 0 Å². The van der Waals surface area contributed by atoms with Gasteiger partial charge in [0.05, 0.1) is 17.2 Å². The molecule has 6 heteroatoms. The van der Waals surface area contributed by atoms with Crippen molar-refractivity contribution in [3.63, 3.8) is 0 Å². The van der Waals surface area contributed by atoms with Crippen LogP contribution in [-0.2, 0) is 4.79 Å². The van der Waals surface area contributed by atoms with E-state index in [1.165, 1.54) is 6.92 Å². The quantitative estimate of drug-likeness (QED) is 0.809. The van der Waals surface area contributed by atoms with Crippen LogP contribution in [0, 0.1) is 0 Å². The molecule has 1 aliphatic rings. The fourth-order valence-corrected chi connectivity index (χ4v) is 2.81. The van der Waals surface area contributed by atoms with Gasteiger partial charge < -0.3 is 10.4 Å². The van der Waals surface area contributed by atoms with Gasteiger partial charge in [-0.3, -0.25) is 19.3 Å². The zero-order valence-corrected chi connectivity index (χ0v) is 13.7. The molecule has 2 aromatic carbocycles. The van der Waals surface area contributed by atoms with Gasteiger partial charge in [-0.25, -0.2) is 0 Å². The molecular weight excluding hydrogens is 320 g/mol. The molecule has 0 radical (unpaired) electrons. The molecule has 0 saturated carbocycles. The maximum atomic E-state index is 12.4. The van der Waals surface area contributed by atoms with E-state index in [0.29, 0.717) is 16.7 Å². The van der Waals surface area contributed by atoms with Crippen LogP contribution in [0.25, 0.3) is 0 Å². The zero-order valence-electron chi connectivity index (χ0n) is 13.7. The first-order valence-electron chi connectivity index (χ1n) is 7.98. The molecular formula is C19H18N2O4. The molecule has 0 aromatic heterocycles. The first kappa shape index (κ1) is 16.9. The van der Waals surface area contributed by atoms with Crippen LogP contribution in [-0.4, -0.2) is 40.3 Å². The molecule has 2 unspecified atom stereocenters. The number of aliphatic hydroxyl groups is 1. The number of carbonyl (C=O) groups excluding carboxylic acids is 3. The normalized spacial score (nSPS) is 15.7. The smallest absolute Gasteiger partial charge is 0.262 e. The third kappa shape index (κ3) is 3.16. The monoisotopic (exact) mass is 338 g/mol. The molecule has 0 bridgehead atoms. The summed E-state index contributed by atoms with van der Waals surface area (Å²) >= 11 is 0. The molecule has 25 heavy (non-hydrogen) atoms. The number of fused-ring (bicyclic) bond motifs is 1. The molecule has 2 aromatic rings. The second kappa shape index (κ2) is 6.86. The van der Waals surface area contributed by atoms with Gasteiger partial charge in [-0.05, 0) is 24.6 Å². The highest BCUT2D eigenvalue weighted by Gasteiger charge is 2.40. The van der Waals surface area contributed by atoms with E-state index in [4.69, 9.17) is 0 Å². The van der Waals surface area contributed by atoms with Crippen molar-refractivity contribution in [2.75, 3.05) is 6.54 Å². The van der Waals surface area contributed by atoms with Gasteiger partial charge in [0.25, 0.3) is 11.8 Å². The summed E-state index contributed by atoms with van der Waals surface area (Å²) in [6.45, 7) is 1.49. The SMILES string of the molecule is CC(C(=O)NCC(O)c1ccccc1)N1C(=O)c2ccccc2C1=O. The van der Waals surface area contributed by atoms with Crippen LogP contribution in [0.3, 0.4) is 0 Å². The van der Waals surface area contributed by atoms with E-state index in [-0.39, 0.29) is 6.54 Å². The maximum Gasteiger partial charge on any atom is 0.262 e. The average Bonchev–Trinajstić information content (AvgIpc) is 2.90. The fraction of sp³-hybridized carbons (Fsp3) is 0.211. The highest BCUT2D eigenvalue weighted by molar-refractivity contribution is 6.22. The second-order valence-corrected chi connectivity index (χ2v) is 5.87.